The Balaban J connectivity index is 1.30. The zero-order valence-electron chi connectivity index (χ0n) is 20.0. The Hall–Kier alpha value is -3.25. The van der Waals surface area contributed by atoms with E-state index in [-0.39, 0.29) is 32.9 Å². The molecule has 1 spiro atoms. The number of fused-ring (bicyclic) bond motifs is 3. The summed E-state index contributed by atoms with van der Waals surface area (Å²) in [7, 11) is 0. The molecule has 3 aliphatic rings. The van der Waals surface area contributed by atoms with Gasteiger partial charge >= 0.3 is 6.18 Å². The molecule has 1 aliphatic heterocycles. The number of anilines is 2. The van der Waals surface area contributed by atoms with Gasteiger partial charge in [0.1, 0.15) is 11.9 Å². The predicted molar refractivity (Wildman–Crippen MR) is 134 cm³/mol. The summed E-state index contributed by atoms with van der Waals surface area (Å²) in [5.74, 6) is 0.196. The topological polar surface area (TPSA) is 89.7 Å². The van der Waals surface area contributed by atoms with E-state index in [0.717, 1.165) is 37.3 Å². The second-order valence-corrected chi connectivity index (χ2v) is 11.5. The Bertz CT molecular complexity index is 1610. The van der Waals surface area contributed by atoms with Crippen molar-refractivity contribution in [3.05, 3.63) is 57.0 Å². The minimum absolute atomic E-state index is 0.00880. The number of nitrogens with one attached hydrogen (secondary N) is 2. The Kier molecular flexibility index (Phi) is 4.73. The monoisotopic (exact) mass is 527 g/mol. The highest BCUT2D eigenvalue weighted by molar-refractivity contribution is 7.12. The van der Waals surface area contributed by atoms with Gasteiger partial charge in [-0.1, -0.05) is 13.0 Å². The van der Waals surface area contributed by atoms with E-state index >= 15 is 0 Å². The van der Waals surface area contributed by atoms with Crippen LogP contribution < -0.4 is 16.2 Å². The molecule has 37 heavy (non-hydrogen) atoms. The molecule has 2 aliphatic carbocycles. The van der Waals surface area contributed by atoms with Crippen LogP contribution >= 0.6 is 11.3 Å². The lowest BCUT2D eigenvalue weighted by atomic mass is 9.88. The summed E-state index contributed by atoms with van der Waals surface area (Å²) >= 11 is 1.21. The van der Waals surface area contributed by atoms with Crippen molar-refractivity contribution in [1.29, 1.82) is 0 Å². The van der Waals surface area contributed by atoms with Gasteiger partial charge in [-0.05, 0) is 48.9 Å². The third-order valence-electron chi connectivity index (χ3n) is 7.86. The summed E-state index contributed by atoms with van der Waals surface area (Å²) in [6.07, 6.45) is 1.01. The fourth-order valence-corrected chi connectivity index (χ4v) is 6.26. The van der Waals surface area contributed by atoms with Crippen molar-refractivity contribution >= 4 is 34.0 Å². The number of alkyl halides is 3. The molecular formula is C25H24F3N7OS. The van der Waals surface area contributed by atoms with E-state index in [9.17, 15) is 18.0 Å². The molecule has 192 valence electrons. The van der Waals surface area contributed by atoms with E-state index in [0.29, 0.717) is 4.68 Å². The van der Waals surface area contributed by atoms with Gasteiger partial charge in [-0.3, -0.25) is 4.79 Å². The molecule has 1 aromatic carbocycles. The number of halogens is 3. The average molecular weight is 528 g/mol. The maximum atomic E-state index is 13.5. The lowest BCUT2D eigenvalue weighted by molar-refractivity contribution is -0.144. The quantitative estimate of drug-likeness (QED) is 0.397. The van der Waals surface area contributed by atoms with Crippen molar-refractivity contribution in [2.24, 2.45) is 0 Å². The summed E-state index contributed by atoms with van der Waals surface area (Å²) in [5.41, 5.74) is 3.66. The molecule has 4 aromatic rings. The lowest BCUT2D eigenvalue weighted by Crippen LogP contribution is -2.33. The summed E-state index contributed by atoms with van der Waals surface area (Å²) in [5, 5.41) is 8.79. The van der Waals surface area contributed by atoms with Crippen LogP contribution in [0.4, 0.5) is 24.8 Å². The third kappa shape index (κ3) is 3.84. The Labute approximate surface area is 213 Å². The fourth-order valence-electron chi connectivity index (χ4n) is 5.27. The third-order valence-corrected chi connectivity index (χ3v) is 8.68. The molecule has 2 N–H and O–H groups in total. The van der Waals surface area contributed by atoms with Crippen molar-refractivity contribution < 1.29 is 13.2 Å². The minimum atomic E-state index is -4.59. The van der Waals surface area contributed by atoms with Gasteiger partial charge in [0.05, 0.1) is 5.69 Å². The zero-order valence-corrected chi connectivity index (χ0v) is 20.8. The van der Waals surface area contributed by atoms with Gasteiger partial charge in [-0.15, -0.1) is 11.3 Å². The SMILES string of the molecule is CC1(c2csc(-n3c4nc(Nc5ccc6c(c5)CNCC65CC5)ncc4c(=O)n3CC(F)(F)F)n2)CC1. The molecule has 0 saturated heterocycles. The largest absolute Gasteiger partial charge is 0.408 e. The van der Waals surface area contributed by atoms with Gasteiger partial charge in [0.2, 0.25) is 11.1 Å². The first-order valence-electron chi connectivity index (χ1n) is 12.3. The molecule has 2 saturated carbocycles. The van der Waals surface area contributed by atoms with Crippen molar-refractivity contribution in [3.63, 3.8) is 0 Å². The lowest BCUT2D eigenvalue weighted by Gasteiger charge is -2.26. The highest BCUT2D eigenvalue weighted by Crippen LogP contribution is 2.51. The number of hydrogen-bond donors (Lipinski definition) is 2. The van der Waals surface area contributed by atoms with Gasteiger partial charge in [-0.2, -0.15) is 18.2 Å². The zero-order chi connectivity index (χ0) is 25.6. The van der Waals surface area contributed by atoms with Gasteiger partial charge in [0.15, 0.2) is 5.65 Å². The molecule has 12 heteroatoms. The number of benzene rings is 1. The first-order chi connectivity index (χ1) is 17.6. The van der Waals surface area contributed by atoms with Crippen LogP contribution in [-0.2, 0) is 23.9 Å². The van der Waals surface area contributed by atoms with Crippen molar-refractivity contribution in [2.45, 2.75) is 62.7 Å². The van der Waals surface area contributed by atoms with Crippen LogP contribution in [0.2, 0.25) is 0 Å². The Morgan fingerprint density at radius 3 is 2.73 bits per heavy atom. The molecule has 8 nitrogen and oxygen atoms in total. The average Bonchev–Trinajstić information content (AvgIpc) is 3.71. The van der Waals surface area contributed by atoms with Gasteiger partial charge in [0, 0.05) is 41.2 Å². The first kappa shape index (κ1) is 22.9. The van der Waals surface area contributed by atoms with Crippen LogP contribution in [0.15, 0.2) is 34.6 Å². The predicted octanol–water partition coefficient (Wildman–Crippen LogP) is 4.53. The van der Waals surface area contributed by atoms with Crippen LogP contribution in [0, 0.1) is 0 Å². The normalized spacial score (nSPS) is 19.2. The van der Waals surface area contributed by atoms with Crippen molar-refractivity contribution in [1.82, 2.24) is 29.6 Å². The molecule has 7 rings (SSSR count). The molecule has 0 atom stereocenters. The van der Waals surface area contributed by atoms with E-state index in [1.54, 1.807) is 0 Å². The Morgan fingerprint density at radius 2 is 2.00 bits per heavy atom. The highest BCUT2D eigenvalue weighted by Gasteiger charge is 2.46. The van der Waals surface area contributed by atoms with Gasteiger partial charge in [-0.25, -0.2) is 19.3 Å². The standard InChI is InChI=1S/C25H24F3N7OS/c1-23(4-5-23)18-11-37-22(32-18)35-19-16(20(36)34(35)13-25(26,27)28)10-30-21(33-19)31-15-2-3-17-14(8-15)9-29-12-24(17)6-7-24/h2-3,8,10-11,29H,4-7,9,12-13H2,1H3,(H,30,31,33). The smallest absolute Gasteiger partial charge is 0.324 e. The summed E-state index contributed by atoms with van der Waals surface area (Å²) < 4.78 is 42.3. The van der Waals surface area contributed by atoms with Gasteiger partial charge in [0.25, 0.3) is 5.56 Å². The van der Waals surface area contributed by atoms with Crippen LogP contribution in [-0.4, -0.2) is 37.0 Å². The van der Waals surface area contributed by atoms with E-state index in [1.807, 2.05) is 11.4 Å². The first-order valence-corrected chi connectivity index (χ1v) is 13.2. The molecule has 0 amide bonds. The molecular weight excluding hydrogens is 503 g/mol. The molecule has 2 fully saturated rings. The van der Waals surface area contributed by atoms with Crippen LogP contribution in [0.5, 0.6) is 0 Å². The van der Waals surface area contributed by atoms with E-state index in [4.69, 9.17) is 0 Å². The number of aromatic nitrogens is 5. The maximum Gasteiger partial charge on any atom is 0.408 e. The molecule has 3 aromatic heterocycles. The van der Waals surface area contributed by atoms with Crippen LogP contribution in [0.25, 0.3) is 16.2 Å². The Morgan fingerprint density at radius 1 is 1.19 bits per heavy atom. The highest BCUT2D eigenvalue weighted by atomic mass is 32.1. The summed E-state index contributed by atoms with van der Waals surface area (Å²) in [6, 6.07) is 6.17. The van der Waals surface area contributed by atoms with Crippen LogP contribution in [0.1, 0.15) is 49.4 Å². The fraction of sp³-hybridized carbons (Fsp3) is 0.440. The maximum absolute atomic E-state index is 13.5. The summed E-state index contributed by atoms with van der Waals surface area (Å²) in [6.45, 7) is 2.40. The van der Waals surface area contributed by atoms with E-state index in [1.165, 1.54) is 46.2 Å². The van der Waals surface area contributed by atoms with E-state index < -0.39 is 18.3 Å². The number of rotatable bonds is 5. The molecule has 0 unspecified atom stereocenters. The number of hydrogen-bond acceptors (Lipinski definition) is 7. The summed E-state index contributed by atoms with van der Waals surface area (Å²) in [4.78, 5) is 26.4. The molecule has 0 radical (unpaired) electrons. The number of nitrogens with zero attached hydrogens (tertiary/aromatic N) is 5. The van der Waals surface area contributed by atoms with Crippen molar-refractivity contribution in [3.8, 4) is 5.13 Å². The minimum Gasteiger partial charge on any atom is -0.324 e. The number of thiazole rings is 1. The van der Waals surface area contributed by atoms with Gasteiger partial charge < -0.3 is 10.6 Å². The molecule has 0 bridgehead atoms. The van der Waals surface area contributed by atoms with Crippen molar-refractivity contribution in [2.75, 3.05) is 11.9 Å². The molecule has 4 heterocycles. The van der Waals surface area contributed by atoms with Crippen LogP contribution in [0.3, 0.4) is 0 Å². The second-order valence-electron chi connectivity index (χ2n) is 10.7. The second kappa shape index (κ2) is 7.64. The van der Waals surface area contributed by atoms with E-state index in [2.05, 4.69) is 44.6 Å².